The third kappa shape index (κ3) is 7.45. The van der Waals surface area contributed by atoms with Gasteiger partial charge in [0.1, 0.15) is 24.4 Å². The number of hydrogen-bond acceptors (Lipinski definition) is 6. The molecule has 1 aliphatic rings. The third-order valence-electron chi connectivity index (χ3n) is 8.53. The molecule has 0 aromatic heterocycles. The summed E-state index contributed by atoms with van der Waals surface area (Å²) < 4.78 is 25.6. The lowest BCUT2D eigenvalue weighted by atomic mass is 9.99. The Morgan fingerprint density at radius 2 is 1.00 bits per heavy atom. The highest BCUT2D eigenvalue weighted by Crippen LogP contribution is 2.43. The van der Waals surface area contributed by atoms with E-state index in [1.54, 1.807) is 0 Å². The minimum atomic E-state index is -2.27. The molecule has 0 aromatic carbocycles. The molecular formula is C24H54O6Si3. The van der Waals surface area contributed by atoms with Gasteiger partial charge in [-0.05, 0) is 54.4 Å². The van der Waals surface area contributed by atoms with Gasteiger partial charge in [-0.2, -0.15) is 0 Å². The fourth-order valence-corrected chi connectivity index (χ4v) is 6.45. The van der Waals surface area contributed by atoms with Crippen LogP contribution in [-0.4, -0.2) is 72.5 Å². The number of ether oxygens (including phenoxy) is 1. The van der Waals surface area contributed by atoms with E-state index in [-0.39, 0.29) is 21.7 Å². The highest BCUT2D eigenvalue weighted by Gasteiger charge is 2.53. The Balaban J connectivity index is 3.28. The van der Waals surface area contributed by atoms with Crippen LogP contribution in [0.5, 0.6) is 0 Å². The van der Waals surface area contributed by atoms with Crippen molar-refractivity contribution in [3.8, 4) is 0 Å². The van der Waals surface area contributed by atoms with Crippen molar-refractivity contribution >= 4 is 25.0 Å². The minimum Gasteiger partial charge on any atom is -0.414 e. The fraction of sp³-hybridized carbons (Fsp3) is 1.00. The van der Waals surface area contributed by atoms with Crippen LogP contribution in [0.2, 0.25) is 54.4 Å². The van der Waals surface area contributed by atoms with Crippen LogP contribution in [0.4, 0.5) is 0 Å². The van der Waals surface area contributed by atoms with Gasteiger partial charge < -0.3 is 28.2 Å². The maximum atomic E-state index is 11.5. The van der Waals surface area contributed by atoms with Gasteiger partial charge in [0, 0.05) is 0 Å². The zero-order chi connectivity index (χ0) is 26.4. The largest absolute Gasteiger partial charge is 0.414 e. The Morgan fingerprint density at radius 1 is 0.636 bits per heavy atom. The van der Waals surface area contributed by atoms with E-state index in [0.29, 0.717) is 0 Å². The van der Waals surface area contributed by atoms with Crippen LogP contribution in [0, 0.1) is 0 Å². The third-order valence-corrected chi connectivity index (χ3v) is 22.0. The average molecular weight is 523 g/mol. The first-order valence-corrected chi connectivity index (χ1v) is 21.1. The molecule has 0 amide bonds. The Hall–Kier alpha value is 0.411. The first-order valence-electron chi connectivity index (χ1n) is 12.4. The Labute approximate surface area is 207 Å². The molecule has 2 N–H and O–H groups in total. The normalized spacial score (nSPS) is 28.8. The van der Waals surface area contributed by atoms with E-state index in [0.717, 1.165) is 0 Å². The Kier molecular flexibility index (Phi) is 9.57. The molecule has 0 aromatic rings. The molecule has 0 radical (unpaired) electrons. The summed E-state index contributed by atoms with van der Waals surface area (Å²) in [6.45, 7) is 32.7. The van der Waals surface area contributed by atoms with E-state index < -0.39 is 55.7 Å². The van der Waals surface area contributed by atoms with Gasteiger partial charge in [0.15, 0.2) is 31.2 Å². The quantitative estimate of drug-likeness (QED) is 0.407. The van der Waals surface area contributed by atoms with Crippen molar-refractivity contribution in [1.29, 1.82) is 0 Å². The predicted octanol–water partition coefficient (Wildman–Crippen LogP) is 5.87. The molecule has 1 rings (SSSR count). The lowest BCUT2D eigenvalue weighted by Crippen LogP contribution is -2.66. The molecule has 1 saturated heterocycles. The zero-order valence-electron chi connectivity index (χ0n) is 24.1. The maximum absolute atomic E-state index is 11.5. The Bertz CT molecular complexity index is 646. The maximum Gasteiger partial charge on any atom is 0.192 e. The molecular weight excluding hydrogens is 469 g/mol. The van der Waals surface area contributed by atoms with E-state index >= 15 is 0 Å². The Morgan fingerprint density at radius 3 is 1.36 bits per heavy atom. The average Bonchev–Trinajstić information content (AvgIpc) is 2.56. The van der Waals surface area contributed by atoms with E-state index in [1.807, 2.05) is 0 Å². The molecule has 198 valence electrons. The monoisotopic (exact) mass is 522 g/mol. The summed E-state index contributed by atoms with van der Waals surface area (Å²) in [5.74, 6) is 0. The van der Waals surface area contributed by atoms with Crippen LogP contribution in [0.15, 0.2) is 0 Å². The summed E-state index contributed by atoms with van der Waals surface area (Å²) in [6, 6.07) is 0. The van der Waals surface area contributed by atoms with Crippen LogP contribution in [0.25, 0.3) is 0 Å². The first kappa shape index (κ1) is 31.4. The van der Waals surface area contributed by atoms with Crippen LogP contribution in [-0.2, 0) is 18.0 Å². The van der Waals surface area contributed by atoms with Gasteiger partial charge in [0.2, 0.25) is 0 Å². The second kappa shape index (κ2) is 10.0. The summed E-state index contributed by atoms with van der Waals surface area (Å²) in [7, 11) is -6.58. The number of aliphatic hydroxyl groups excluding tert-OH is 2. The van der Waals surface area contributed by atoms with Crippen molar-refractivity contribution in [2.75, 3.05) is 6.61 Å². The summed E-state index contributed by atoms with van der Waals surface area (Å²) in [5, 5.41) is 22.5. The van der Waals surface area contributed by atoms with Crippen LogP contribution in [0.3, 0.4) is 0 Å². The lowest BCUT2D eigenvalue weighted by molar-refractivity contribution is -0.279. The van der Waals surface area contributed by atoms with Crippen molar-refractivity contribution in [2.45, 2.75) is 147 Å². The van der Waals surface area contributed by atoms with Crippen molar-refractivity contribution in [2.24, 2.45) is 0 Å². The van der Waals surface area contributed by atoms with E-state index in [2.05, 4.69) is 102 Å². The molecule has 6 nitrogen and oxygen atoms in total. The summed E-state index contributed by atoms with van der Waals surface area (Å²) in [5.41, 5.74) is 0. The SMILES string of the molecule is CC(C)(C)[Si](C)(C)OC[C@H]1O[C@H](O)[C@H](O[Si](C)(C)C(C)(C)C)[C@@H](O[Si](C)(C)C(C)(C)C)[C@H]1O. The highest BCUT2D eigenvalue weighted by molar-refractivity contribution is 6.75. The predicted molar refractivity (Wildman–Crippen MR) is 144 cm³/mol. The van der Waals surface area contributed by atoms with Gasteiger partial charge in [-0.1, -0.05) is 62.3 Å². The molecule has 0 bridgehead atoms. The van der Waals surface area contributed by atoms with Gasteiger partial charge >= 0.3 is 0 Å². The summed E-state index contributed by atoms with van der Waals surface area (Å²) >= 11 is 0. The van der Waals surface area contributed by atoms with Gasteiger partial charge in [0.25, 0.3) is 0 Å². The van der Waals surface area contributed by atoms with E-state index in [9.17, 15) is 10.2 Å². The fourth-order valence-electron chi connectivity index (χ4n) is 2.85. The van der Waals surface area contributed by atoms with Gasteiger partial charge in [0.05, 0.1) is 6.61 Å². The number of rotatable bonds is 7. The number of hydrogen-bond donors (Lipinski definition) is 2. The standard InChI is InChI=1S/C24H54O6Si3/c1-22(2,3)31(10,11)27-16-17-18(25)19(29-32(12,13)23(4,5)6)20(21(26)28-17)30-33(14,15)24(7,8)9/h17-21,25-26H,16H2,1-15H3/t17-,18+,19+,20-,21+/m1/s1. The first-order chi connectivity index (χ1) is 14.3. The smallest absolute Gasteiger partial charge is 0.192 e. The van der Waals surface area contributed by atoms with Gasteiger partial charge in [-0.15, -0.1) is 0 Å². The molecule has 0 spiro atoms. The molecule has 1 fully saturated rings. The molecule has 33 heavy (non-hydrogen) atoms. The molecule has 0 unspecified atom stereocenters. The van der Waals surface area contributed by atoms with Crippen molar-refractivity contribution in [3.63, 3.8) is 0 Å². The molecule has 0 aliphatic carbocycles. The number of aliphatic hydroxyl groups is 2. The minimum absolute atomic E-state index is 0.0380. The van der Waals surface area contributed by atoms with Crippen LogP contribution in [0.1, 0.15) is 62.3 Å². The lowest BCUT2D eigenvalue weighted by Gasteiger charge is -2.51. The second-order valence-electron chi connectivity index (χ2n) is 14.3. The molecule has 1 heterocycles. The van der Waals surface area contributed by atoms with Crippen LogP contribution >= 0.6 is 0 Å². The van der Waals surface area contributed by atoms with Crippen molar-refractivity contribution < 1.29 is 28.2 Å². The molecule has 9 heteroatoms. The zero-order valence-corrected chi connectivity index (χ0v) is 27.1. The molecule has 0 saturated carbocycles. The summed E-state index contributed by atoms with van der Waals surface area (Å²) in [6.07, 6.45) is -4.26. The van der Waals surface area contributed by atoms with Gasteiger partial charge in [-0.25, -0.2) is 0 Å². The topological polar surface area (TPSA) is 77.4 Å². The van der Waals surface area contributed by atoms with Crippen molar-refractivity contribution in [3.05, 3.63) is 0 Å². The van der Waals surface area contributed by atoms with E-state index in [4.69, 9.17) is 18.0 Å². The highest BCUT2D eigenvalue weighted by atomic mass is 28.4. The van der Waals surface area contributed by atoms with Crippen LogP contribution < -0.4 is 0 Å². The van der Waals surface area contributed by atoms with Gasteiger partial charge in [-0.3, -0.25) is 0 Å². The molecule has 5 atom stereocenters. The van der Waals surface area contributed by atoms with E-state index in [1.165, 1.54) is 0 Å². The van der Waals surface area contributed by atoms with Crippen molar-refractivity contribution in [1.82, 2.24) is 0 Å². The second-order valence-corrected chi connectivity index (χ2v) is 28.6. The summed E-state index contributed by atoms with van der Waals surface area (Å²) in [4.78, 5) is 0. The molecule has 1 aliphatic heterocycles.